The Labute approximate surface area is 129 Å². The van der Waals surface area contributed by atoms with Gasteiger partial charge in [0, 0.05) is 13.1 Å². The topological polar surface area (TPSA) is 70.5 Å². The SMILES string of the molecule is O=C(O)c1cccc(C(=O)N2CCCC3(CC=CCC3)C2)n1. The van der Waals surface area contributed by atoms with E-state index in [9.17, 15) is 9.59 Å². The molecular weight excluding hydrogens is 280 g/mol. The minimum absolute atomic E-state index is 0.0850. The Hall–Kier alpha value is -2.17. The number of aromatic nitrogens is 1. The van der Waals surface area contributed by atoms with Crippen molar-refractivity contribution < 1.29 is 14.7 Å². The summed E-state index contributed by atoms with van der Waals surface area (Å²) in [5.74, 6) is -1.26. The van der Waals surface area contributed by atoms with E-state index in [1.165, 1.54) is 6.07 Å². The highest BCUT2D eigenvalue weighted by Gasteiger charge is 2.37. The molecule has 0 saturated carbocycles. The Bertz CT molecular complexity index is 626. The molecule has 1 aliphatic carbocycles. The van der Waals surface area contributed by atoms with Crippen LogP contribution < -0.4 is 0 Å². The van der Waals surface area contributed by atoms with Gasteiger partial charge in [0.25, 0.3) is 5.91 Å². The highest BCUT2D eigenvalue weighted by molar-refractivity contribution is 5.94. The summed E-state index contributed by atoms with van der Waals surface area (Å²) in [6.45, 7) is 1.47. The van der Waals surface area contributed by atoms with Crippen LogP contribution in [0.1, 0.15) is 53.1 Å². The third-order valence-corrected chi connectivity index (χ3v) is 4.69. The third kappa shape index (κ3) is 2.89. The number of piperidine rings is 1. The number of carboxylic acids is 1. The quantitative estimate of drug-likeness (QED) is 0.853. The highest BCUT2D eigenvalue weighted by atomic mass is 16.4. The molecule has 0 radical (unpaired) electrons. The predicted molar refractivity (Wildman–Crippen MR) is 81.8 cm³/mol. The number of pyridine rings is 1. The van der Waals surface area contributed by atoms with Crippen molar-refractivity contribution in [2.45, 2.75) is 32.1 Å². The van der Waals surface area contributed by atoms with Crippen molar-refractivity contribution in [3.63, 3.8) is 0 Å². The lowest BCUT2D eigenvalue weighted by Gasteiger charge is -2.43. The second-order valence-corrected chi connectivity index (χ2v) is 6.26. The number of aromatic carboxylic acids is 1. The van der Waals surface area contributed by atoms with Crippen molar-refractivity contribution in [2.75, 3.05) is 13.1 Å². The average Bonchev–Trinajstić information content (AvgIpc) is 2.55. The minimum atomic E-state index is -1.11. The highest BCUT2D eigenvalue weighted by Crippen LogP contribution is 2.40. The fourth-order valence-corrected chi connectivity index (χ4v) is 3.53. The Morgan fingerprint density at radius 2 is 2.00 bits per heavy atom. The zero-order valence-corrected chi connectivity index (χ0v) is 12.5. The predicted octanol–water partition coefficient (Wildman–Crippen LogP) is 2.74. The summed E-state index contributed by atoms with van der Waals surface area (Å²) < 4.78 is 0. The summed E-state index contributed by atoms with van der Waals surface area (Å²) in [6.07, 6.45) is 9.82. The number of nitrogens with zero attached hydrogens (tertiary/aromatic N) is 2. The minimum Gasteiger partial charge on any atom is -0.477 e. The fourth-order valence-electron chi connectivity index (χ4n) is 3.53. The van der Waals surface area contributed by atoms with Crippen molar-refractivity contribution in [3.05, 3.63) is 41.7 Å². The third-order valence-electron chi connectivity index (χ3n) is 4.69. The van der Waals surface area contributed by atoms with Gasteiger partial charge in [0.1, 0.15) is 11.4 Å². The standard InChI is InChI=1S/C17H20N2O3/c20-15(13-6-4-7-14(18-13)16(21)22)19-11-5-10-17(12-19)8-2-1-3-9-17/h1-2,4,6-7H,3,5,8-12H2,(H,21,22). The summed E-state index contributed by atoms with van der Waals surface area (Å²) in [5, 5.41) is 9.01. The first-order valence-electron chi connectivity index (χ1n) is 7.74. The number of carbonyl (C=O) groups is 2. The molecule has 1 spiro atoms. The number of hydrogen-bond acceptors (Lipinski definition) is 3. The lowest BCUT2D eigenvalue weighted by molar-refractivity contribution is 0.0479. The van der Waals surface area contributed by atoms with E-state index >= 15 is 0 Å². The largest absolute Gasteiger partial charge is 0.477 e. The Morgan fingerprint density at radius 3 is 2.73 bits per heavy atom. The van der Waals surface area contributed by atoms with Gasteiger partial charge in [-0.2, -0.15) is 0 Å². The molecule has 1 aromatic rings. The smallest absolute Gasteiger partial charge is 0.354 e. The zero-order chi connectivity index (χ0) is 15.6. The molecule has 2 aliphatic rings. The van der Waals surface area contributed by atoms with Crippen LogP contribution in [-0.2, 0) is 0 Å². The van der Waals surface area contributed by atoms with E-state index in [2.05, 4.69) is 17.1 Å². The number of rotatable bonds is 2. The van der Waals surface area contributed by atoms with Crippen LogP contribution in [0.2, 0.25) is 0 Å². The molecule has 1 N–H and O–H groups in total. The van der Waals surface area contributed by atoms with Gasteiger partial charge in [-0.1, -0.05) is 18.2 Å². The number of likely N-dealkylation sites (tertiary alicyclic amines) is 1. The molecule has 1 fully saturated rings. The van der Waals surface area contributed by atoms with Gasteiger partial charge >= 0.3 is 5.97 Å². The molecule has 5 heteroatoms. The molecule has 22 heavy (non-hydrogen) atoms. The molecule has 3 rings (SSSR count). The van der Waals surface area contributed by atoms with Crippen LogP contribution in [0.25, 0.3) is 0 Å². The monoisotopic (exact) mass is 300 g/mol. The van der Waals surface area contributed by atoms with Crippen LogP contribution in [0.5, 0.6) is 0 Å². The number of carbonyl (C=O) groups excluding carboxylic acids is 1. The van der Waals surface area contributed by atoms with Gasteiger partial charge in [-0.3, -0.25) is 4.79 Å². The van der Waals surface area contributed by atoms with Gasteiger partial charge in [-0.15, -0.1) is 0 Å². The van der Waals surface area contributed by atoms with Crippen molar-refractivity contribution in [3.8, 4) is 0 Å². The average molecular weight is 300 g/mol. The van der Waals surface area contributed by atoms with Gasteiger partial charge in [0.05, 0.1) is 0 Å². The second-order valence-electron chi connectivity index (χ2n) is 6.26. The molecule has 2 heterocycles. The zero-order valence-electron chi connectivity index (χ0n) is 12.5. The first-order chi connectivity index (χ1) is 10.6. The van der Waals surface area contributed by atoms with E-state index in [4.69, 9.17) is 5.11 Å². The molecule has 1 unspecified atom stereocenters. The second kappa shape index (κ2) is 5.91. The maximum Gasteiger partial charge on any atom is 0.354 e. The van der Waals surface area contributed by atoms with Crippen molar-refractivity contribution in [2.24, 2.45) is 5.41 Å². The van der Waals surface area contributed by atoms with Crippen LogP contribution in [0.4, 0.5) is 0 Å². The van der Waals surface area contributed by atoms with Crippen molar-refractivity contribution in [1.82, 2.24) is 9.88 Å². The van der Waals surface area contributed by atoms with Gasteiger partial charge in [-0.25, -0.2) is 9.78 Å². The van der Waals surface area contributed by atoms with E-state index in [0.29, 0.717) is 0 Å². The molecule has 5 nitrogen and oxygen atoms in total. The summed E-state index contributed by atoms with van der Waals surface area (Å²) in [4.78, 5) is 29.5. The number of hydrogen-bond donors (Lipinski definition) is 1. The summed E-state index contributed by atoms with van der Waals surface area (Å²) in [5.41, 5.74) is 0.342. The first kappa shape index (κ1) is 14.8. The summed E-state index contributed by atoms with van der Waals surface area (Å²) >= 11 is 0. The van der Waals surface area contributed by atoms with Gasteiger partial charge in [-0.05, 0) is 49.7 Å². The Balaban J connectivity index is 1.78. The van der Waals surface area contributed by atoms with E-state index < -0.39 is 5.97 Å². The Morgan fingerprint density at radius 1 is 1.18 bits per heavy atom. The number of allylic oxidation sites excluding steroid dienone is 2. The molecule has 1 atom stereocenters. The van der Waals surface area contributed by atoms with Gasteiger partial charge < -0.3 is 10.0 Å². The van der Waals surface area contributed by atoms with E-state index in [0.717, 1.165) is 45.2 Å². The molecular formula is C17H20N2O3. The van der Waals surface area contributed by atoms with E-state index in [-0.39, 0.29) is 22.7 Å². The Kier molecular flexibility index (Phi) is 3.96. The fraction of sp³-hybridized carbons (Fsp3) is 0.471. The van der Waals surface area contributed by atoms with Crippen LogP contribution in [0, 0.1) is 5.41 Å². The molecule has 1 saturated heterocycles. The van der Waals surface area contributed by atoms with Gasteiger partial charge in [0.15, 0.2) is 0 Å². The molecule has 0 aromatic carbocycles. The van der Waals surface area contributed by atoms with E-state index in [1.807, 2.05) is 4.90 Å². The van der Waals surface area contributed by atoms with Crippen molar-refractivity contribution >= 4 is 11.9 Å². The molecule has 1 aliphatic heterocycles. The maximum absolute atomic E-state index is 12.7. The van der Waals surface area contributed by atoms with Crippen LogP contribution >= 0.6 is 0 Å². The maximum atomic E-state index is 12.7. The van der Waals surface area contributed by atoms with E-state index in [1.54, 1.807) is 12.1 Å². The summed E-state index contributed by atoms with van der Waals surface area (Å²) in [7, 11) is 0. The number of carboxylic acid groups (broad SMARTS) is 1. The first-order valence-corrected chi connectivity index (χ1v) is 7.74. The van der Waals surface area contributed by atoms with Crippen molar-refractivity contribution in [1.29, 1.82) is 0 Å². The molecule has 0 bridgehead atoms. The van der Waals surface area contributed by atoms with Crippen LogP contribution in [-0.4, -0.2) is 40.0 Å². The lowest BCUT2D eigenvalue weighted by Crippen LogP contribution is -2.46. The van der Waals surface area contributed by atoms with Gasteiger partial charge in [0.2, 0.25) is 0 Å². The lowest BCUT2D eigenvalue weighted by atomic mass is 9.71. The summed E-state index contributed by atoms with van der Waals surface area (Å²) in [6, 6.07) is 4.58. The van der Waals surface area contributed by atoms with Crippen LogP contribution in [0.3, 0.4) is 0 Å². The molecule has 1 aromatic heterocycles. The molecule has 116 valence electrons. The van der Waals surface area contributed by atoms with Crippen LogP contribution in [0.15, 0.2) is 30.4 Å². The normalized spacial score (nSPS) is 24.5. The number of amides is 1. The molecule has 1 amide bonds.